The van der Waals surface area contributed by atoms with Gasteiger partial charge in [-0.05, 0) is 5.92 Å². The van der Waals surface area contributed by atoms with Crippen molar-refractivity contribution < 1.29 is 9.84 Å². The van der Waals surface area contributed by atoms with Crippen molar-refractivity contribution in [3.63, 3.8) is 0 Å². The van der Waals surface area contributed by atoms with Gasteiger partial charge in [-0.3, -0.25) is 4.99 Å². The number of ether oxygens (including phenoxy) is 1. The minimum atomic E-state index is 0.209. The lowest BCUT2D eigenvalue weighted by molar-refractivity contribution is 0.167. The molecule has 2 N–H and O–H groups in total. The van der Waals surface area contributed by atoms with E-state index in [2.05, 4.69) is 10.3 Å². The molecule has 0 saturated carbocycles. The molecule has 0 amide bonds. The van der Waals surface area contributed by atoms with Crippen LogP contribution in [0.1, 0.15) is 6.92 Å². The zero-order valence-electron chi connectivity index (χ0n) is 7.42. The monoisotopic (exact) mass is 172 g/mol. The zero-order valence-corrected chi connectivity index (χ0v) is 7.42. The van der Waals surface area contributed by atoms with Crippen molar-refractivity contribution in [3.05, 3.63) is 0 Å². The minimum Gasteiger partial charge on any atom is -0.396 e. The van der Waals surface area contributed by atoms with Crippen LogP contribution < -0.4 is 5.32 Å². The first-order chi connectivity index (χ1) is 5.83. The van der Waals surface area contributed by atoms with Gasteiger partial charge in [0.1, 0.15) is 12.4 Å². The van der Waals surface area contributed by atoms with E-state index in [-0.39, 0.29) is 12.5 Å². The van der Waals surface area contributed by atoms with Gasteiger partial charge in [-0.15, -0.1) is 0 Å². The highest BCUT2D eigenvalue weighted by Gasteiger charge is 2.05. The van der Waals surface area contributed by atoms with Crippen LogP contribution in [-0.4, -0.2) is 43.9 Å². The second kappa shape index (κ2) is 5.11. The van der Waals surface area contributed by atoms with Crippen molar-refractivity contribution in [2.75, 3.05) is 32.9 Å². The molecule has 0 bridgehead atoms. The Labute approximate surface area is 72.6 Å². The Hall–Kier alpha value is -0.610. The van der Waals surface area contributed by atoms with Crippen LogP contribution in [0.4, 0.5) is 0 Å². The fourth-order valence-electron chi connectivity index (χ4n) is 0.923. The molecule has 0 radical (unpaired) electrons. The van der Waals surface area contributed by atoms with Crippen molar-refractivity contribution in [2.45, 2.75) is 6.92 Å². The number of aliphatic hydroxyl groups excluding tert-OH is 1. The van der Waals surface area contributed by atoms with E-state index in [1.165, 1.54) is 0 Å². The topological polar surface area (TPSA) is 53.8 Å². The van der Waals surface area contributed by atoms with Gasteiger partial charge in [0.05, 0.1) is 13.2 Å². The molecule has 70 valence electrons. The number of hydrogen-bond donors (Lipinski definition) is 2. The summed E-state index contributed by atoms with van der Waals surface area (Å²) >= 11 is 0. The van der Waals surface area contributed by atoms with E-state index in [9.17, 15) is 0 Å². The van der Waals surface area contributed by atoms with Crippen LogP contribution in [0.25, 0.3) is 0 Å². The fraction of sp³-hybridized carbons (Fsp3) is 0.875. The number of hydrogen-bond acceptors (Lipinski definition) is 4. The van der Waals surface area contributed by atoms with Crippen LogP contribution in [0, 0.1) is 5.92 Å². The molecular weight excluding hydrogens is 156 g/mol. The highest BCUT2D eigenvalue weighted by atomic mass is 16.5. The summed E-state index contributed by atoms with van der Waals surface area (Å²) in [5.74, 6) is 1.18. The molecular formula is C8H16N2O2. The first-order valence-electron chi connectivity index (χ1n) is 4.28. The molecule has 1 unspecified atom stereocenters. The fourth-order valence-corrected chi connectivity index (χ4v) is 0.923. The summed E-state index contributed by atoms with van der Waals surface area (Å²) in [4.78, 5) is 4.23. The smallest absolute Gasteiger partial charge is 0.123 e. The lowest BCUT2D eigenvalue weighted by Gasteiger charge is -2.16. The quantitative estimate of drug-likeness (QED) is 0.611. The van der Waals surface area contributed by atoms with Crippen LogP contribution in [0.5, 0.6) is 0 Å². The summed E-state index contributed by atoms with van der Waals surface area (Å²) in [7, 11) is 0. The number of aliphatic imine (C=N–C) groups is 1. The van der Waals surface area contributed by atoms with Gasteiger partial charge in [0.2, 0.25) is 0 Å². The Morgan fingerprint density at radius 3 is 3.17 bits per heavy atom. The first-order valence-corrected chi connectivity index (χ1v) is 4.28. The van der Waals surface area contributed by atoms with E-state index >= 15 is 0 Å². The molecule has 4 heteroatoms. The van der Waals surface area contributed by atoms with Crippen LogP contribution in [0.3, 0.4) is 0 Å². The lowest BCUT2D eigenvalue weighted by atomic mass is 10.2. The molecule has 0 aromatic heterocycles. The van der Waals surface area contributed by atoms with Gasteiger partial charge in [-0.2, -0.15) is 0 Å². The van der Waals surface area contributed by atoms with E-state index in [1.54, 1.807) is 0 Å². The predicted molar refractivity (Wildman–Crippen MR) is 47.4 cm³/mol. The van der Waals surface area contributed by atoms with Gasteiger partial charge < -0.3 is 15.2 Å². The maximum Gasteiger partial charge on any atom is 0.123 e. The van der Waals surface area contributed by atoms with Gasteiger partial charge >= 0.3 is 0 Å². The third kappa shape index (κ3) is 3.19. The second-order valence-corrected chi connectivity index (χ2v) is 3.05. The van der Waals surface area contributed by atoms with Crippen molar-refractivity contribution in [3.8, 4) is 0 Å². The summed E-state index contributed by atoms with van der Waals surface area (Å²) in [6, 6.07) is 0. The van der Waals surface area contributed by atoms with E-state index in [4.69, 9.17) is 9.84 Å². The average Bonchev–Trinajstić information content (AvgIpc) is 2.16. The van der Waals surface area contributed by atoms with Gasteiger partial charge in [0.15, 0.2) is 0 Å². The van der Waals surface area contributed by atoms with E-state index < -0.39 is 0 Å². The summed E-state index contributed by atoms with van der Waals surface area (Å²) in [6.45, 7) is 5.01. The molecule has 0 aromatic carbocycles. The maximum atomic E-state index is 8.75. The van der Waals surface area contributed by atoms with E-state index in [0.29, 0.717) is 6.61 Å². The molecule has 0 fully saturated rings. The molecule has 12 heavy (non-hydrogen) atoms. The first kappa shape index (κ1) is 9.48. The van der Waals surface area contributed by atoms with E-state index in [1.807, 2.05) is 6.92 Å². The summed E-state index contributed by atoms with van der Waals surface area (Å²) < 4.78 is 5.19. The van der Waals surface area contributed by atoms with Crippen molar-refractivity contribution in [1.29, 1.82) is 0 Å². The van der Waals surface area contributed by atoms with Gasteiger partial charge in [-0.25, -0.2) is 0 Å². The Kier molecular flexibility index (Phi) is 4.04. The van der Waals surface area contributed by atoms with Crippen molar-refractivity contribution >= 4 is 5.84 Å². The van der Waals surface area contributed by atoms with Crippen molar-refractivity contribution in [1.82, 2.24) is 5.32 Å². The highest BCUT2D eigenvalue weighted by molar-refractivity contribution is 5.83. The Morgan fingerprint density at radius 1 is 1.75 bits per heavy atom. The SMILES string of the molecule is CC(CO)CNC1=NCCOC1. The Morgan fingerprint density at radius 2 is 2.58 bits per heavy atom. The van der Waals surface area contributed by atoms with Crippen LogP contribution in [0.2, 0.25) is 0 Å². The average molecular weight is 172 g/mol. The van der Waals surface area contributed by atoms with Crippen LogP contribution in [0.15, 0.2) is 4.99 Å². The molecule has 1 aliphatic rings. The summed E-state index contributed by atoms with van der Waals surface area (Å²) in [6.07, 6.45) is 0. The Balaban J connectivity index is 2.17. The zero-order chi connectivity index (χ0) is 8.81. The number of amidine groups is 1. The number of nitrogens with zero attached hydrogens (tertiary/aromatic N) is 1. The molecule has 4 nitrogen and oxygen atoms in total. The highest BCUT2D eigenvalue weighted by Crippen LogP contribution is 1.92. The van der Waals surface area contributed by atoms with Gasteiger partial charge in [0.25, 0.3) is 0 Å². The molecule has 1 aliphatic heterocycles. The number of nitrogens with one attached hydrogen (secondary N) is 1. The maximum absolute atomic E-state index is 8.75. The Bertz CT molecular complexity index is 159. The summed E-state index contributed by atoms with van der Waals surface area (Å²) in [5, 5.41) is 11.9. The molecule has 1 heterocycles. The second-order valence-electron chi connectivity index (χ2n) is 3.05. The summed E-state index contributed by atoms with van der Waals surface area (Å²) in [5.41, 5.74) is 0. The molecule has 0 saturated heterocycles. The molecule has 0 aliphatic carbocycles. The lowest BCUT2D eigenvalue weighted by Crippen LogP contribution is -2.35. The van der Waals surface area contributed by atoms with Crippen LogP contribution >= 0.6 is 0 Å². The molecule has 1 atom stereocenters. The third-order valence-electron chi connectivity index (χ3n) is 1.74. The van der Waals surface area contributed by atoms with Crippen molar-refractivity contribution in [2.24, 2.45) is 10.9 Å². The van der Waals surface area contributed by atoms with Crippen LogP contribution in [-0.2, 0) is 4.74 Å². The molecule has 1 rings (SSSR count). The third-order valence-corrected chi connectivity index (χ3v) is 1.74. The van der Waals surface area contributed by atoms with E-state index in [0.717, 1.165) is 25.5 Å². The number of rotatable bonds is 3. The molecule has 0 spiro atoms. The van der Waals surface area contributed by atoms with Gasteiger partial charge in [0, 0.05) is 13.2 Å². The normalized spacial score (nSPS) is 20.0. The standard InChI is InChI=1S/C8H16N2O2/c1-7(5-11)4-10-8-6-12-3-2-9-8/h7,11H,2-6H2,1H3,(H,9,10). The molecule has 0 aromatic rings. The largest absolute Gasteiger partial charge is 0.396 e. The predicted octanol–water partition coefficient (Wildman–Crippen LogP) is -0.367. The number of aliphatic hydroxyl groups is 1. The van der Waals surface area contributed by atoms with Gasteiger partial charge in [-0.1, -0.05) is 6.92 Å². The minimum absolute atomic E-state index is 0.209.